The van der Waals surface area contributed by atoms with Crippen LogP contribution in [0.1, 0.15) is 23.7 Å². The van der Waals surface area contributed by atoms with Crippen LogP contribution in [-0.4, -0.2) is 77.4 Å². The summed E-state index contributed by atoms with van der Waals surface area (Å²) in [7, 11) is 1.41. The van der Waals surface area contributed by atoms with Crippen molar-refractivity contribution in [3.63, 3.8) is 0 Å². The van der Waals surface area contributed by atoms with Gasteiger partial charge in [0, 0.05) is 43.5 Å². The average Bonchev–Trinajstić information content (AvgIpc) is 3.39. The van der Waals surface area contributed by atoms with Crippen molar-refractivity contribution in [1.82, 2.24) is 15.2 Å². The minimum atomic E-state index is -0.989. The Morgan fingerprint density at radius 2 is 1.73 bits per heavy atom. The third-order valence-electron chi connectivity index (χ3n) is 6.22. The Morgan fingerprint density at radius 3 is 2.38 bits per heavy atom. The molecule has 0 bridgehead atoms. The van der Waals surface area contributed by atoms with Crippen LogP contribution in [0.15, 0.2) is 78.2 Å². The number of pyridine rings is 1. The molecule has 208 valence electrons. The quantitative estimate of drug-likeness (QED) is 0.332. The molecule has 0 aliphatic carbocycles. The summed E-state index contributed by atoms with van der Waals surface area (Å²) in [6, 6.07) is 16.8. The first-order valence-corrected chi connectivity index (χ1v) is 12.7. The molecule has 1 aliphatic heterocycles. The highest BCUT2D eigenvalue weighted by atomic mass is 16.6. The number of ether oxygens (including phenoxy) is 1. The van der Waals surface area contributed by atoms with Crippen molar-refractivity contribution in [2.45, 2.75) is 25.5 Å². The Hall–Kier alpha value is -4.77. The number of amides is 3. The van der Waals surface area contributed by atoms with Crippen molar-refractivity contribution >= 4 is 29.1 Å². The molecule has 2 aromatic carbocycles. The summed E-state index contributed by atoms with van der Waals surface area (Å²) in [5.74, 6) is -0.402. The minimum absolute atomic E-state index is 0.0622. The minimum Gasteiger partial charge on any atom is -0.491 e. The SMILES string of the molecule is CON=C1C[C@@H](C(=O)NCC(O)COc2ccc(NC(C)=O)cc2)N(C(=O)c2ccc(-c3ccncc3)cc2)C1. The lowest BCUT2D eigenvalue weighted by molar-refractivity contribution is -0.125. The molecule has 4 rings (SSSR count). The van der Waals surface area contributed by atoms with Gasteiger partial charge in [0.25, 0.3) is 5.91 Å². The number of carbonyl (C=O) groups is 3. The lowest BCUT2D eigenvalue weighted by Gasteiger charge is -2.24. The molecule has 0 spiro atoms. The molecule has 40 heavy (non-hydrogen) atoms. The van der Waals surface area contributed by atoms with E-state index in [1.807, 2.05) is 24.3 Å². The summed E-state index contributed by atoms with van der Waals surface area (Å²) in [5.41, 5.74) is 3.55. The molecule has 1 fully saturated rings. The van der Waals surface area contributed by atoms with Gasteiger partial charge in [-0.25, -0.2) is 0 Å². The molecule has 2 heterocycles. The number of nitrogens with one attached hydrogen (secondary N) is 2. The number of likely N-dealkylation sites (tertiary alicyclic amines) is 1. The third kappa shape index (κ3) is 7.41. The van der Waals surface area contributed by atoms with E-state index in [9.17, 15) is 19.5 Å². The Bertz CT molecular complexity index is 1350. The zero-order valence-electron chi connectivity index (χ0n) is 22.2. The molecule has 1 aromatic heterocycles. The topological polar surface area (TPSA) is 142 Å². The summed E-state index contributed by atoms with van der Waals surface area (Å²) in [6.45, 7) is 1.44. The first-order chi connectivity index (χ1) is 19.3. The number of aliphatic hydroxyl groups excluding tert-OH is 1. The van der Waals surface area contributed by atoms with Crippen LogP contribution in [0.3, 0.4) is 0 Å². The predicted octanol–water partition coefficient (Wildman–Crippen LogP) is 2.48. The molecule has 11 nitrogen and oxygen atoms in total. The average molecular weight is 546 g/mol. The van der Waals surface area contributed by atoms with Crippen molar-refractivity contribution < 1.29 is 29.1 Å². The number of carbonyl (C=O) groups excluding carboxylic acids is 3. The van der Waals surface area contributed by atoms with Crippen molar-refractivity contribution in [3.8, 4) is 16.9 Å². The van der Waals surface area contributed by atoms with Gasteiger partial charge < -0.3 is 30.2 Å². The molecule has 2 atom stereocenters. The molecule has 0 saturated carbocycles. The molecular formula is C29H31N5O6. The number of nitrogens with zero attached hydrogens (tertiary/aromatic N) is 3. The molecule has 1 aliphatic rings. The maximum absolute atomic E-state index is 13.4. The maximum atomic E-state index is 13.4. The lowest BCUT2D eigenvalue weighted by Crippen LogP contribution is -2.48. The first kappa shape index (κ1) is 28.2. The normalized spacial score (nSPS) is 16.3. The smallest absolute Gasteiger partial charge is 0.254 e. The van der Waals surface area contributed by atoms with Crippen LogP contribution in [0.4, 0.5) is 5.69 Å². The van der Waals surface area contributed by atoms with E-state index >= 15 is 0 Å². The molecule has 1 unspecified atom stereocenters. The molecule has 3 amide bonds. The zero-order valence-corrected chi connectivity index (χ0v) is 22.2. The monoisotopic (exact) mass is 545 g/mol. The summed E-state index contributed by atoms with van der Waals surface area (Å²) < 4.78 is 5.58. The van der Waals surface area contributed by atoms with E-state index in [0.717, 1.165) is 11.1 Å². The molecule has 3 aromatic rings. The van der Waals surface area contributed by atoms with Crippen molar-refractivity contribution in [3.05, 3.63) is 78.6 Å². The van der Waals surface area contributed by atoms with Gasteiger partial charge in [-0.05, 0) is 59.7 Å². The van der Waals surface area contributed by atoms with Crippen LogP contribution in [0.5, 0.6) is 5.75 Å². The van der Waals surface area contributed by atoms with E-state index in [-0.39, 0.29) is 37.9 Å². The zero-order chi connectivity index (χ0) is 28.5. The van der Waals surface area contributed by atoms with Gasteiger partial charge in [0.1, 0.15) is 31.6 Å². The molecular weight excluding hydrogens is 514 g/mol. The summed E-state index contributed by atoms with van der Waals surface area (Å²) in [4.78, 5) is 48.0. The van der Waals surface area contributed by atoms with Gasteiger partial charge in [-0.15, -0.1) is 0 Å². The largest absolute Gasteiger partial charge is 0.491 e. The van der Waals surface area contributed by atoms with Crippen molar-refractivity contribution in [2.75, 3.05) is 32.1 Å². The summed E-state index contributed by atoms with van der Waals surface area (Å²) >= 11 is 0. The van der Waals surface area contributed by atoms with E-state index in [4.69, 9.17) is 9.57 Å². The van der Waals surface area contributed by atoms with E-state index in [2.05, 4.69) is 20.8 Å². The van der Waals surface area contributed by atoms with Gasteiger partial charge in [-0.3, -0.25) is 19.4 Å². The van der Waals surface area contributed by atoms with Gasteiger partial charge in [-0.1, -0.05) is 17.3 Å². The fraction of sp³-hybridized carbons (Fsp3) is 0.276. The van der Waals surface area contributed by atoms with Gasteiger partial charge in [-0.2, -0.15) is 0 Å². The summed E-state index contributed by atoms with van der Waals surface area (Å²) in [5, 5.41) is 19.7. The van der Waals surface area contributed by atoms with Crippen LogP contribution in [0, 0.1) is 0 Å². The van der Waals surface area contributed by atoms with Crippen molar-refractivity contribution in [2.24, 2.45) is 5.16 Å². The van der Waals surface area contributed by atoms with Crippen LogP contribution in [0.2, 0.25) is 0 Å². The standard InChI is InChI=1S/C29H31N5O6/c1-19(35)32-23-7-9-26(10-8-23)40-18-25(36)16-31-28(37)27-15-24(33-39-2)17-34(27)29(38)22-5-3-20(4-6-22)21-11-13-30-14-12-21/h3-14,25,27,36H,15-18H2,1-2H3,(H,31,37)(H,32,35)/t25?,27-/m0/s1. The van der Waals surface area contributed by atoms with E-state index in [1.54, 1.807) is 48.8 Å². The summed E-state index contributed by atoms with van der Waals surface area (Å²) in [6.07, 6.45) is 2.63. The second-order valence-corrected chi connectivity index (χ2v) is 9.22. The number of aromatic nitrogens is 1. The first-order valence-electron chi connectivity index (χ1n) is 12.7. The molecule has 3 N–H and O–H groups in total. The molecule has 11 heteroatoms. The lowest BCUT2D eigenvalue weighted by atomic mass is 10.0. The number of aliphatic hydroxyl groups is 1. The highest BCUT2D eigenvalue weighted by Crippen LogP contribution is 2.23. The number of benzene rings is 2. The highest BCUT2D eigenvalue weighted by Gasteiger charge is 2.38. The predicted molar refractivity (Wildman–Crippen MR) is 149 cm³/mol. The van der Waals surface area contributed by atoms with Gasteiger partial charge in [0.15, 0.2) is 0 Å². The van der Waals surface area contributed by atoms with Crippen LogP contribution in [-0.2, 0) is 14.4 Å². The number of hydrogen-bond donors (Lipinski definition) is 3. The Kier molecular flexibility index (Phi) is 9.42. The Morgan fingerprint density at radius 1 is 1.05 bits per heavy atom. The van der Waals surface area contributed by atoms with E-state index in [0.29, 0.717) is 22.7 Å². The fourth-order valence-electron chi connectivity index (χ4n) is 4.29. The number of rotatable bonds is 10. The second kappa shape index (κ2) is 13.3. The maximum Gasteiger partial charge on any atom is 0.254 e. The van der Waals surface area contributed by atoms with Gasteiger partial charge in [0.05, 0.1) is 12.3 Å². The third-order valence-corrected chi connectivity index (χ3v) is 6.22. The highest BCUT2D eigenvalue weighted by molar-refractivity contribution is 6.05. The Balaban J connectivity index is 1.34. The number of anilines is 1. The Labute approximate surface area is 231 Å². The van der Waals surface area contributed by atoms with E-state index < -0.39 is 18.1 Å². The molecule has 1 saturated heterocycles. The van der Waals surface area contributed by atoms with E-state index in [1.165, 1.54) is 18.9 Å². The van der Waals surface area contributed by atoms with Crippen molar-refractivity contribution in [1.29, 1.82) is 0 Å². The number of hydrogen-bond acceptors (Lipinski definition) is 8. The van der Waals surface area contributed by atoms with Crippen LogP contribution < -0.4 is 15.4 Å². The van der Waals surface area contributed by atoms with Crippen LogP contribution >= 0.6 is 0 Å². The fourth-order valence-corrected chi connectivity index (χ4v) is 4.29. The van der Waals surface area contributed by atoms with Crippen LogP contribution in [0.25, 0.3) is 11.1 Å². The number of oxime groups is 1. The van der Waals surface area contributed by atoms with Gasteiger partial charge in [0.2, 0.25) is 11.8 Å². The second-order valence-electron chi connectivity index (χ2n) is 9.22. The molecule has 0 radical (unpaired) electrons. The van der Waals surface area contributed by atoms with Gasteiger partial charge >= 0.3 is 0 Å².